The van der Waals surface area contributed by atoms with Gasteiger partial charge in [-0.1, -0.05) is 22.8 Å². The average molecular weight is 172 g/mol. The first kappa shape index (κ1) is 7.81. The van der Waals surface area contributed by atoms with Crippen molar-refractivity contribution in [2.45, 2.75) is 0 Å². The minimum atomic E-state index is -2.44. The maximum atomic E-state index is 10.4. The SMILES string of the molecule is O=[P+]([O-])c1ccccc1P. The van der Waals surface area contributed by atoms with Crippen molar-refractivity contribution >= 4 is 27.9 Å². The molecule has 2 atom stereocenters. The molecule has 0 aliphatic rings. The van der Waals surface area contributed by atoms with Crippen molar-refractivity contribution in [2.24, 2.45) is 0 Å². The van der Waals surface area contributed by atoms with Crippen LogP contribution in [0.5, 0.6) is 0 Å². The van der Waals surface area contributed by atoms with Crippen LogP contribution in [-0.4, -0.2) is 0 Å². The monoisotopic (exact) mass is 172 g/mol. The van der Waals surface area contributed by atoms with Gasteiger partial charge in [-0.25, -0.2) is 0 Å². The second-order valence-electron chi connectivity index (χ2n) is 1.82. The van der Waals surface area contributed by atoms with Crippen LogP contribution in [-0.2, 0) is 4.57 Å². The summed E-state index contributed by atoms with van der Waals surface area (Å²) in [7, 11) is -0.0658. The van der Waals surface area contributed by atoms with E-state index in [0.29, 0.717) is 5.30 Å². The van der Waals surface area contributed by atoms with E-state index in [4.69, 9.17) is 0 Å². The zero-order valence-electron chi connectivity index (χ0n) is 5.15. The lowest BCUT2D eigenvalue weighted by molar-refractivity contribution is -0.160. The van der Waals surface area contributed by atoms with Crippen molar-refractivity contribution in [3.63, 3.8) is 0 Å². The van der Waals surface area contributed by atoms with Gasteiger partial charge in [0.15, 0.2) is 5.30 Å². The molecule has 0 amide bonds. The topological polar surface area (TPSA) is 40.1 Å². The summed E-state index contributed by atoms with van der Waals surface area (Å²) < 4.78 is 10.4. The van der Waals surface area contributed by atoms with E-state index in [-0.39, 0.29) is 0 Å². The van der Waals surface area contributed by atoms with Crippen LogP contribution in [0.1, 0.15) is 0 Å². The predicted octanol–water partition coefficient (Wildman–Crippen LogP) is -0.0850. The van der Waals surface area contributed by atoms with Crippen LogP contribution in [0.15, 0.2) is 24.3 Å². The fourth-order valence-corrected chi connectivity index (χ4v) is 1.67. The van der Waals surface area contributed by atoms with E-state index >= 15 is 0 Å². The van der Waals surface area contributed by atoms with Gasteiger partial charge in [-0.15, -0.1) is 9.24 Å². The highest BCUT2D eigenvalue weighted by atomic mass is 31.1. The third kappa shape index (κ3) is 1.60. The highest BCUT2D eigenvalue weighted by Gasteiger charge is 2.08. The number of hydrogen-bond acceptors (Lipinski definition) is 2. The first-order valence-corrected chi connectivity index (χ1v) is 4.46. The van der Waals surface area contributed by atoms with E-state index in [9.17, 15) is 9.46 Å². The lowest BCUT2D eigenvalue weighted by atomic mass is 10.4. The summed E-state index contributed by atoms with van der Waals surface area (Å²) >= 11 is 0. The van der Waals surface area contributed by atoms with Crippen LogP contribution in [0.4, 0.5) is 0 Å². The number of rotatable bonds is 1. The Bertz CT molecular complexity index is 260. The second kappa shape index (κ2) is 3.21. The molecule has 0 heterocycles. The van der Waals surface area contributed by atoms with E-state index < -0.39 is 8.03 Å². The molecule has 2 unspecified atom stereocenters. The summed E-state index contributed by atoms with van der Waals surface area (Å²) in [4.78, 5) is 10.4. The summed E-state index contributed by atoms with van der Waals surface area (Å²) in [5.41, 5.74) is 0. The van der Waals surface area contributed by atoms with Crippen molar-refractivity contribution < 1.29 is 9.46 Å². The van der Waals surface area contributed by atoms with Crippen LogP contribution in [0, 0.1) is 0 Å². The van der Waals surface area contributed by atoms with Crippen LogP contribution in [0.3, 0.4) is 0 Å². The maximum Gasteiger partial charge on any atom is 0.349 e. The molecule has 0 saturated carbocycles. The Kier molecular flexibility index (Phi) is 2.50. The molecule has 2 nitrogen and oxygen atoms in total. The number of hydrogen-bond donors (Lipinski definition) is 0. The molecule has 0 aliphatic carbocycles. The van der Waals surface area contributed by atoms with Crippen molar-refractivity contribution in [1.82, 2.24) is 0 Å². The van der Waals surface area contributed by atoms with E-state index in [2.05, 4.69) is 9.24 Å². The molecule has 0 saturated heterocycles. The molecule has 0 N–H and O–H groups in total. The van der Waals surface area contributed by atoms with Gasteiger partial charge in [-0.3, -0.25) is 0 Å². The Labute approximate surface area is 62.3 Å². The second-order valence-corrected chi connectivity index (χ2v) is 3.43. The fraction of sp³-hybridized carbons (Fsp3) is 0. The average Bonchev–Trinajstić information content (AvgIpc) is 1.88. The first-order valence-electron chi connectivity index (χ1n) is 2.70. The molecule has 1 aromatic carbocycles. The van der Waals surface area contributed by atoms with Gasteiger partial charge in [-0.05, 0) is 6.07 Å². The quantitative estimate of drug-likeness (QED) is 0.555. The van der Waals surface area contributed by atoms with E-state index in [0.717, 1.165) is 5.30 Å². The molecule has 1 rings (SSSR count). The van der Waals surface area contributed by atoms with E-state index in [1.807, 2.05) is 0 Å². The smallest absolute Gasteiger partial charge is 0.349 e. The zero-order chi connectivity index (χ0) is 7.56. The summed E-state index contributed by atoms with van der Waals surface area (Å²) in [5, 5.41) is 1.10. The normalized spacial score (nSPS) is 11.2. The highest BCUT2D eigenvalue weighted by Crippen LogP contribution is 2.06. The van der Waals surface area contributed by atoms with Gasteiger partial charge < -0.3 is 4.89 Å². The third-order valence-corrected chi connectivity index (χ3v) is 2.68. The summed E-state index contributed by atoms with van der Waals surface area (Å²) in [6.45, 7) is 0. The number of benzene rings is 1. The molecule has 0 fully saturated rings. The Morgan fingerprint density at radius 1 is 1.40 bits per heavy atom. The molecule has 0 radical (unpaired) electrons. The van der Waals surface area contributed by atoms with Gasteiger partial charge in [-0.2, -0.15) is 0 Å². The van der Waals surface area contributed by atoms with Gasteiger partial charge in [0, 0.05) is 5.30 Å². The van der Waals surface area contributed by atoms with E-state index in [1.165, 1.54) is 0 Å². The summed E-state index contributed by atoms with van der Waals surface area (Å²) in [6, 6.07) is 6.82. The van der Waals surface area contributed by atoms with Crippen LogP contribution >= 0.6 is 17.3 Å². The predicted molar refractivity (Wildman–Crippen MR) is 43.0 cm³/mol. The molecular weight excluding hydrogens is 166 g/mol. The summed E-state index contributed by atoms with van der Waals surface area (Å²) in [6.07, 6.45) is 0. The fourth-order valence-electron chi connectivity index (χ4n) is 0.654. The minimum Gasteiger partial charge on any atom is -0.591 e. The largest absolute Gasteiger partial charge is 0.591 e. The maximum absolute atomic E-state index is 10.4. The highest BCUT2D eigenvalue weighted by molar-refractivity contribution is 7.48. The Morgan fingerprint density at radius 2 is 2.00 bits per heavy atom. The molecular formula is C6H6O2P2. The van der Waals surface area contributed by atoms with E-state index in [1.54, 1.807) is 24.3 Å². The molecule has 4 heteroatoms. The minimum absolute atomic E-state index is 0.377. The van der Waals surface area contributed by atoms with Crippen molar-refractivity contribution in [2.75, 3.05) is 0 Å². The van der Waals surface area contributed by atoms with Gasteiger partial charge in [0.05, 0.1) is 0 Å². The molecule has 0 aliphatic heterocycles. The molecule has 1 aromatic rings. The van der Waals surface area contributed by atoms with Crippen molar-refractivity contribution in [1.29, 1.82) is 0 Å². The van der Waals surface area contributed by atoms with Crippen molar-refractivity contribution in [3.8, 4) is 0 Å². The standard InChI is InChI=1S/C6H6O2P2/c7-10(8)6-4-2-1-3-5(6)9/h1-4H,9H2. The molecule has 10 heavy (non-hydrogen) atoms. The van der Waals surface area contributed by atoms with Gasteiger partial charge in [0.25, 0.3) is 0 Å². The summed E-state index contributed by atoms with van der Waals surface area (Å²) in [5.74, 6) is 0. The van der Waals surface area contributed by atoms with Gasteiger partial charge in [0.2, 0.25) is 0 Å². The Hall–Kier alpha value is -0.290. The molecule has 0 bridgehead atoms. The van der Waals surface area contributed by atoms with Crippen molar-refractivity contribution in [3.05, 3.63) is 24.3 Å². The van der Waals surface area contributed by atoms with Crippen LogP contribution < -0.4 is 15.5 Å². The Balaban J connectivity index is 3.15. The van der Waals surface area contributed by atoms with Crippen LogP contribution in [0.25, 0.3) is 0 Å². The lowest BCUT2D eigenvalue weighted by Crippen LogP contribution is -2.17. The van der Waals surface area contributed by atoms with Crippen LogP contribution in [0.2, 0.25) is 0 Å². The molecule has 0 aromatic heterocycles. The molecule has 52 valence electrons. The lowest BCUT2D eigenvalue weighted by Gasteiger charge is -1.92. The van der Waals surface area contributed by atoms with Gasteiger partial charge in [0.1, 0.15) is 0 Å². The third-order valence-electron chi connectivity index (χ3n) is 1.13. The van der Waals surface area contributed by atoms with Gasteiger partial charge >= 0.3 is 8.03 Å². The first-order chi connectivity index (χ1) is 4.72. The zero-order valence-corrected chi connectivity index (χ0v) is 7.20. The Morgan fingerprint density at radius 3 is 2.40 bits per heavy atom. The molecule has 0 spiro atoms.